The van der Waals surface area contributed by atoms with Crippen LogP contribution in [0.5, 0.6) is 0 Å². The predicted molar refractivity (Wildman–Crippen MR) is 137 cm³/mol. The van der Waals surface area contributed by atoms with Crippen molar-refractivity contribution in [2.45, 2.75) is 43.6 Å². The Morgan fingerprint density at radius 2 is 1.33 bits per heavy atom. The number of nitrogens with one attached hydrogen (secondary N) is 1. The molecule has 1 saturated carbocycles. The first-order valence-electron chi connectivity index (χ1n) is 11.9. The van der Waals surface area contributed by atoms with Gasteiger partial charge in [0.05, 0.1) is 11.0 Å². The van der Waals surface area contributed by atoms with Gasteiger partial charge in [-0.15, -0.1) is 0 Å². The van der Waals surface area contributed by atoms with E-state index < -0.39 is 0 Å². The molecule has 0 atom stereocenters. The number of benzene rings is 3. The monoisotopic (exact) mass is 475 g/mol. The highest BCUT2D eigenvalue weighted by atomic mass is 35.5. The van der Waals surface area contributed by atoms with Crippen molar-refractivity contribution in [3.8, 4) is 0 Å². The topological polar surface area (TPSA) is 29.9 Å². The molecule has 0 bridgehead atoms. The van der Waals surface area contributed by atoms with Crippen LogP contribution in [-0.4, -0.2) is 22.6 Å². The zero-order valence-corrected chi connectivity index (χ0v) is 20.0. The van der Waals surface area contributed by atoms with E-state index in [9.17, 15) is 0 Å². The summed E-state index contributed by atoms with van der Waals surface area (Å²) in [6.07, 6.45) is 4.85. The third-order valence-corrected chi connectivity index (χ3v) is 7.60. The summed E-state index contributed by atoms with van der Waals surface area (Å²) in [5.41, 5.74) is 6.09. The minimum Gasteiger partial charge on any atom is -0.325 e. The molecule has 2 aliphatic rings. The number of fused-ring (bicyclic) bond motifs is 1. The number of aromatic nitrogens is 2. The van der Waals surface area contributed by atoms with Crippen LogP contribution < -0.4 is 5.32 Å². The molecule has 5 heteroatoms. The van der Waals surface area contributed by atoms with Gasteiger partial charge >= 0.3 is 0 Å². The Hall–Kier alpha value is -2.33. The Kier molecular flexibility index (Phi) is 5.65. The van der Waals surface area contributed by atoms with Crippen molar-refractivity contribution in [2.24, 2.45) is 0 Å². The number of hydrogen-bond donors (Lipinski definition) is 1. The van der Waals surface area contributed by atoms with Gasteiger partial charge in [0.15, 0.2) is 0 Å². The Morgan fingerprint density at radius 3 is 1.91 bits per heavy atom. The van der Waals surface area contributed by atoms with Crippen LogP contribution in [-0.2, 0) is 0 Å². The summed E-state index contributed by atoms with van der Waals surface area (Å²) in [6, 6.07) is 23.8. The Labute approximate surface area is 204 Å². The maximum absolute atomic E-state index is 6.22. The highest BCUT2D eigenvalue weighted by Crippen LogP contribution is 2.43. The second-order valence-corrected chi connectivity index (χ2v) is 10.3. The molecule has 6 rings (SSSR count). The second kappa shape index (κ2) is 8.79. The molecule has 1 aromatic heterocycles. The van der Waals surface area contributed by atoms with Crippen molar-refractivity contribution in [3.63, 3.8) is 0 Å². The number of imidazole rings is 1. The summed E-state index contributed by atoms with van der Waals surface area (Å²) < 4.78 is 2.58. The highest BCUT2D eigenvalue weighted by Gasteiger charge is 2.32. The average molecular weight is 476 g/mol. The Bertz CT molecular complexity index is 1220. The van der Waals surface area contributed by atoms with Crippen molar-refractivity contribution >= 4 is 34.2 Å². The molecule has 4 aromatic rings. The normalized spacial score (nSPS) is 17.2. The van der Waals surface area contributed by atoms with E-state index in [1.54, 1.807) is 0 Å². The molecule has 3 aromatic carbocycles. The molecule has 3 nitrogen and oxygen atoms in total. The fraction of sp³-hybridized carbons (Fsp3) is 0.321. The summed E-state index contributed by atoms with van der Waals surface area (Å²) in [5, 5.41) is 5.02. The molecule has 1 N–H and O–H groups in total. The van der Waals surface area contributed by atoms with Gasteiger partial charge in [-0.2, -0.15) is 0 Å². The maximum atomic E-state index is 6.22. The molecular formula is C28H27Cl2N3. The van der Waals surface area contributed by atoms with Crippen LogP contribution in [0.1, 0.15) is 66.1 Å². The van der Waals surface area contributed by atoms with Gasteiger partial charge in [-0.25, -0.2) is 4.98 Å². The van der Waals surface area contributed by atoms with E-state index in [4.69, 9.17) is 28.2 Å². The first-order chi connectivity index (χ1) is 16.2. The third-order valence-electron chi connectivity index (χ3n) is 7.10. The molecule has 0 spiro atoms. The molecule has 2 heterocycles. The molecule has 1 saturated heterocycles. The van der Waals surface area contributed by atoms with E-state index >= 15 is 0 Å². The van der Waals surface area contributed by atoms with Crippen LogP contribution in [0.4, 0.5) is 0 Å². The van der Waals surface area contributed by atoms with Gasteiger partial charge in [0.2, 0.25) is 0 Å². The molecule has 0 radical (unpaired) electrons. The van der Waals surface area contributed by atoms with Gasteiger partial charge < -0.3 is 9.88 Å². The third kappa shape index (κ3) is 4.19. The number of nitrogens with zero attached hydrogens (tertiary/aromatic N) is 2. The summed E-state index contributed by atoms with van der Waals surface area (Å²) in [4.78, 5) is 5.13. The lowest BCUT2D eigenvalue weighted by Gasteiger charge is -2.27. The van der Waals surface area contributed by atoms with Gasteiger partial charge in [0.1, 0.15) is 5.82 Å². The summed E-state index contributed by atoms with van der Waals surface area (Å²) in [5.74, 6) is 2.02. The average Bonchev–Trinajstić information content (AvgIpc) is 3.62. The van der Waals surface area contributed by atoms with Crippen LogP contribution in [0, 0.1) is 0 Å². The Morgan fingerprint density at radius 1 is 0.758 bits per heavy atom. The molecule has 0 unspecified atom stereocenters. The predicted octanol–water partition coefficient (Wildman–Crippen LogP) is 7.33. The maximum Gasteiger partial charge on any atom is 0.113 e. The smallest absolute Gasteiger partial charge is 0.113 e. The van der Waals surface area contributed by atoms with E-state index in [1.165, 1.54) is 40.9 Å². The lowest BCUT2D eigenvalue weighted by atomic mass is 9.85. The van der Waals surface area contributed by atoms with E-state index in [-0.39, 0.29) is 5.92 Å². The van der Waals surface area contributed by atoms with Crippen LogP contribution in [0.25, 0.3) is 11.0 Å². The largest absolute Gasteiger partial charge is 0.325 e. The molecule has 1 aliphatic carbocycles. The number of piperidine rings is 1. The van der Waals surface area contributed by atoms with Crippen molar-refractivity contribution < 1.29 is 0 Å². The first-order valence-corrected chi connectivity index (χ1v) is 12.7. The van der Waals surface area contributed by atoms with Crippen LogP contribution in [0.2, 0.25) is 10.0 Å². The van der Waals surface area contributed by atoms with Crippen molar-refractivity contribution in [1.29, 1.82) is 0 Å². The minimum absolute atomic E-state index is 0.102. The summed E-state index contributed by atoms with van der Waals surface area (Å²) >= 11 is 12.4. The van der Waals surface area contributed by atoms with Gasteiger partial charge in [0.25, 0.3) is 0 Å². The van der Waals surface area contributed by atoms with Crippen LogP contribution in [0.15, 0.2) is 66.7 Å². The van der Waals surface area contributed by atoms with Gasteiger partial charge in [-0.3, -0.25) is 0 Å². The fourth-order valence-electron chi connectivity index (χ4n) is 5.27. The van der Waals surface area contributed by atoms with Crippen molar-refractivity contribution in [1.82, 2.24) is 14.9 Å². The zero-order valence-electron chi connectivity index (χ0n) is 18.5. The van der Waals surface area contributed by atoms with Gasteiger partial charge in [-0.1, -0.05) is 53.5 Å². The van der Waals surface area contributed by atoms with Gasteiger partial charge in [-0.05, 0) is 91.9 Å². The molecular weight excluding hydrogens is 449 g/mol. The quantitative estimate of drug-likeness (QED) is 0.306. The van der Waals surface area contributed by atoms with Crippen LogP contribution in [0.3, 0.4) is 0 Å². The van der Waals surface area contributed by atoms with Crippen LogP contribution >= 0.6 is 23.2 Å². The minimum atomic E-state index is 0.102. The Balaban J connectivity index is 1.51. The van der Waals surface area contributed by atoms with E-state index in [0.717, 1.165) is 41.5 Å². The molecule has 2 fully saturated rings. The van der Waals surface area contributed by atoms with E-state index in [2.05, 4.69) is 52.3 Å². The first kappa shape index (κ1) is 21.2. The fourth-order valence-corrected chi connectivity index (χ4v) is 5.53. The summed E-state index contributed by atoms with van der Waals surface area (Å²) in [6.45, 7) is 2.15. The number of rotatable bonds is 5. The molecule has 1 aliphatic heterocycles. The number of hydrogen-bond acceptors (Lipinski definition) is 2. The standard InChI is InChI=1S/C28H27Cl2N3/c29-22-8-3-18(4-9-22)27(19-5-10-23(30)11-6-19)21-7-12-25-26(17-21)33(24-13-15-31-16-14-24)28(32-25)20-1-2-20/h3-12,17,20,24,27,31H,1-2,13-16H2. The van der Waals surface area contributed by atoms with Gasteiger partial charge in [0, 0.05) is 27.9 Å². The lowest BCUT2D eigenvalue weighted by molar-refractivity contribution is 0.367. The SMILES string of the molecule is Clc1ccc(C(c2ccc(Cl)cc2)c2ccc3nc(C4CC4)n(C4CCNCC4)c3c2)cc1. The highest BCUT2D eigenvalue weighted by molar-refractivity contribution is 6.30. The lowest BCUT2D eigenvalue weighted by Crippen LogP contribution is -2.30. The van der Waals surface area contributed by atoms with E-state index in [0.29, 0.717) is 12.0 Å². The zero-order chi connectivity index (χ0) is 22.4. The van der Waals surface area contributed by atoms with Crippen molar-refractivity contribution in [3.05, 3.63) is 99.3 Å². The molecule has 0 amide bonds. The molecule has 168 valence electrons. The number of halogens is 2. The van der Waals surface area contributed by atoms with E-state index in [1.807, 2.05) is 24.3 Å². The van der Waals surface area contributed by atoms with Crippen molar-refractivity contribution in [2.75, 3.05) is 13.1 Å². The summed E-state index contributed by atoms with van der Waals surface area (Å²) in [7, 11) is 0. The molecule has 33 heavy (non-hydrogen) atoms. The second-order valence-electron chi connectivity index (χ2n) is 9.38.